The largest absolute Gasteiger partial charge is 0.469 e. The van der Waals surface area contributed by atoms with Gasteiger partial charge in [0.05, 0.1) is 19.7 Å². The molecule has 1 aromatic heterocycles. The highest BCUT2D eigenvalue weighted by Gasteiger charge is 2.32. The Morgan fingerprint density at radius 3 is 2.39 bits per heavy atom. The number of thiazole rings is 1. The first-order valence-electron chi connectivity index (χ1n) is 19.8. The minimum absolute atomic E-state index is 0.0329. The van der Waals surface area contributed by atoms with Gasteiger partial charge in [-0.15, -0.1) is 11.3 Å². The van der Waals surface area contributed by atoms with Crippen LogP contribution in [0, 0.1) is 11.8 Å². The predicted molar refractivity (Wildman–Crippen MR) is 215 cm³/mol. The van der Waals surface area contributed by atoms with E-state index in [1.807, 2.05) is 63.1 Å². The van der Waals surface area contributed by atoms with Gasteiger partial charge in [-0.2, -0.15) is 0 Å². The van der Waals surface area contributed by atoms with Gasteiger partial charge in [-0.25, -0.2) is 4.98 Å². The van der Waals surface area contributed by atoms with E-state index in [0.717, 1.165) is 44.2 Å². The third-order valence-electron chi connectivity index (χ3n) is 10.3. The van der Waals surface area contributed by atoms with Crippen molar-refractivity contribution >= 4 is 46.9 Å². The van der Waals surface area contributed by atoms with Crippen molar-refractivity contribution in [2.75, 3.05) is 40.8 Å². The molecule has 0 saturated carbocycles. The molecule has 1 aliphatic heterocycles. The Labute approximate surface area is 335 Å². The topological polar surface area (TPSA) is 176 Å². The number of methoxy groups -OCH3 is 1. The van der Waals surface area contributed by atoms with Crippen LogP contribution in [0.15, 0.2) is 35.7 Å². The monoisotopic (exact) mass is 798 g/mol. The molecule has 0 aliphatic carbocycles. The highest BCUT2D eigenvalue weighted by Crippen LogP contribution is 2.30. The molecule has 310 valence electrons. The summed E-state index contributed by atoms with van der Waals surface area (Å²) < 4.78 is 10.4. The Hall–Kier alpha value is -4.37. The summed E-state index contributed by atoms with van der Waals surface area (Å²) in [5, 5.41) is 10.9. The molecule has 0 spiro atoms. The quantitative estimate of drug-likeness (QED) is 0.114. The van der Waals surface area contributed by atoms with Gasteiger partial charge in [-0.1, -0.05) is 63.9 Å². The molecule has 0 radical (unpaired) electrons. The van der Waals surface area contributed by atoms with Crippen LogP contribution in [-0.4, -0.2) is 109 Å². The Balaban J connectivity index is 1.66. The number of amides is 4. The van der Waals surface area contributed by atoms with Gasteiger partial charge in [0.2, 0.25) is 17.7 Å². The number of nitrogens with one attached hydrogen (secondary N) is 3. The number of aromatic nitrogens is 1. The molecule has 14 nitrogen and oxygen atoms in total. The van der Waals surface area contributed by atoms with Crippen LogP contribution >= 0.6 is 11.3 Å². The van der Waals surface area contributed by atoms with E-state index < -0.39 is 23.9 Å². The van der Waals surface area contributed by atoms with Gasteiger partial charge in [0.1, 0.15) is 10.7 Å². The van der Waals surface area contributed by atoms with Crippen molar-refractivity contribution in [3.63, 3.8) is 0 Å². The average Bonchev–Trinajstić information content (AvgIpc) is 3.67. The van der Waals surface area contributed by atoms with Gasteiger partial charge in [0, 0.05) is 56.7 Å². The van der Waals surface area contributed by atoms with Gasteiger partial charge >= 0.3 is 11.9 Å². The summed E-state index contributed by atoms with van der Waals surface area (Å²) in [6.45, 7) is 8.26. The molecule has 3 N–H and O–H groups in total. The second-order valence-corrected chi connectivity index (χ2v) is 16.0. The minimum Gasteiger partial charge on any atom is -0.469 e. The first-order valence-corrected chi connectivity index (χ1v) is 20.6. The van der Waals surface area contributed by atoms with E-state index in [9.17, 15) is 28.8 Å². The number of likely N-dealkylation sites (N-methyl/N-ethyl adjacent to an activating group) is 2. The number of unbranched alkanes of at least 4 members (excludes halogenated alkanes) is 2. The van der Waals surface area contributed by atoms with Crippen molar-refractivity contribution in [3.8, 4) is 0 Å². The van der Waals surface area contributed by atoms with Crippen LogP contribution in [0.2, 0.25) is 0 Å². The van der Waals surface area contributed by atoms with E-state index >= 15 is 0 Å². The zero-order chi connectivity index (χ0) is 41.2. The summed E-state index contributed by atoms with van der Waals surface area (Å²) in [4.78, 5) is 84.7. The van der Waals surface area contributed by atoms with Gasteiger partial charge < -0.3 is 30.3 Å². The number of piperidine rings is 1. The van der Waals surface area contributed by atoms with Crippen LogP contribution in [-0.2, 0) is 39.9 Å². The summed E-state index contributed by atoms with van der Waals surface area (Å²) in [7, 11) is 4.96. The average molecular weight is 799 g/mol. The van der Waals surface area contributed by atoms with E-state index in [2.05, 4.69) is 25.7 Å². The van der Waals surface area contributed by atoms with Gasteiger partial charge in [0.25, 0.3) is 5.91 Å². The lowest BCUT2D eigenvalue weighted by molar-refractivity contribution is -0.148. The van der Waals surface area contributed by atoms with Crippen LogP contribution in [0.4, 0.5) is 0 Å². The lowest BCUT2D eigenvalue weighted by Crippen LogP contribution is -2.51. The molecule has 3 unspecified atom stereocenters. The Bertz CT molecular complexity index is 1590. The fraction of sp³-hybridized carbons (Fsp3) is 0.634. The number of carbonyl (C=O) groups is 6. The van der Waals surface area contributed by atoms with Crippen molar-refractivity contribution in [2.24, 2.45) is 11.8 Å². The van der Waals surface area contributed by atoms with Crippen molar-refractivity contribution in [2.45, 2.75) is 116 Å². The molecular formula is C41H62N6O8S. The first kappa shape index (κ1) is 46.0. The van der Waals surface area contributed by atoms with Gasteiger partial charge in [0.15, 0.2) is 6.10 Å². The number of rotatable bonds is 22. The molecule has 56 heavy (non-hydrogen) atoms. The van der Waals surface area contributed by atoms with Crippen LogP contribution in [0.25, 0.3) is 0 Å². The maximum absolute atomic E-state index is 13.7. The van der Waals surface area contributed by atoms with Crippen LogP contribution in [0.1, 0.15) is 113 Å². The number of ether oxygens (including phenoxy) is 2. The Morgan fingerprint density at radius 1 is 1.00 bits per heavy atom. The first-order chi connectivity index (χ1) is 26.7. The molecule has 15 heteroatoms. The normalized spacial score (nSPS) is 16.5. The summed E-state index contributed by atoms with van der Waals surface area (Å²) in [5.41, 5.74) is 1.16. The Kier molecular flexibility index (Phi) is 19.4. The zero-order valence-corrected chi connectivity index (χ0v) is 35.0. The third-order valence-corrected chi connectivity index (χ3v) is 11.2. The van der Waals surface area contributed by atoms with Gasteiger partial charge in [-0.05, 0) is 63.6 Å². The predicted octanol–water partition coefficient (Wildman–Crippen LogP) is 4.44. The highest BCUT2D eigenvalue weighted by atomic mass is 32.1. The molecule has 2 aromatic rings. The second kappa shape index (κ2) is 23.6. The number of nitrogens with zero attached hydrogens (tertiary/aromatic N) is 3. The maximum atomic E-state index is 13.7. The van der Waals surface area contributed by atoms with E-state index in [4.69, 9.17) is 4.74 Å². The molecule has 2 heterocycles. The number of benzene rings is 1. The minimum atomic E-state index is -0.823. The Morgan fingerprint density at radius 2 is 1.73 bits per heavy atom. The molecule has 4 amide bonds. The smallest absolute Gasteiger partial charge is 0.305 e. The van der Waals surface area contributed by atoms with Crippen molar-refractivity contribution in [1.82, 2.24) is 30.7 Å². The van der Waals surface area contributed by atoms with E-state index in [-0.39, 0.29) is 66.4 Å². The lowest BCUT2D eigenvalue weighted by atomic mass is 9.95. The van der Waals surface area contributed by atoms with E-state index in [0.29, 0.717) is 37.2 Å². The summed E-state index contributed by atoms with van der Waals surface area (Å²) in [5.74, 6) is -2.15. The summed E-state index contributed by atoms with van der Waals surface area (Å²) in [6.07, 6.45) is 5.64. The number of likely N-dealkylation sites (tertiary alicyclic amines) is 1. The SMILES string of the molecule is COC(=O)CCCCCNC(=O)C(C)C[C@H](Cc1ccccc1)NC(=O)c1csc(C(C[C@H](C(C)C)N(C)C(=O)CNC(=O)C2CCCCN2C)OC(C)=O)n1. The van der Waals surface area contributed by atoms with Crippen LogP contribution in [0.5, 0.6) is 0 Å². The van der Waals surface area contributed by atoms with Crippen molar-refractivity contribution in [3.05, 3.63) is 52.0 Å². The standard InChI is InChI=1S/C41H62N6O8S/c1-27(2)34(47(6)36(49)25-43-40(53)33-18-13-15-21-46(33)5)24-35(55-29(4)48)41-45-32(26-56-41)39(52)44-31(23-30-16-10-8-11-17-30)22-28(3)38(51)42-20-14-9-12-19-37(50)54-7/h8,10-11,16-17,26-28,31,33-35H,9,12-15,18-25H2,1-7H3,(H,42,51)(H,43,53)(H,44,52)/t28?,31-,33?,34-,35?/m1/s1. The molecule has 5 atom stereocenters. The number of carbonyl (C=O) groups excluding carboxylic acids is 6. The third kappa shape index (κ3) is 15.3. The lowest BCUT2D eigenvalue weighted by Gasteiger charge is -2.34. The van der Waals surface area contributed by atoms with E-state index in [1.165, 1.54) is 25.4 Å². The second-order valence-electron chi connectivity index (χ2n) is 15.1. The van der Waals surface area contributed by atoms with Gasteiger partial charge in [-0.3, -0.25) is 33.7 Å². The maximum Gasteiger partial charge on any atom is 0.305 e. The molecule has 1 saturated heterocycles. The summed E-state index contributed by atoms with van der Waals surface area (Å²) in [6, 6.07) is 8.70. The molecule has 1 aliphatic rings. The number of esters is 2. The molecule has 1 fully saturated rings. The highest BCUT2D eigenvalue weighted by molar-refractivity contribution is 7.09. The fourth-order valence-corrected chi connectivity index (χ4v) is 7.82. The molecule has 1 aromatic carbocycles. The van der Waals surface area contributed by atoms with Crippen molar-refractivity contribution < 1.29 is 38.2 Å². The molecule has 3 rings (SSSR count). The zero-order valence-electron chi connectivity index (χ0n) is 34.1. The van der Waals surface area contributed by atoms with Crippen molar-refractivity contribution in [1.29, 1.82) is 0 Å². The number of hydrogen-bond acceptors (Lipinski definition) is 11. The molecular weight excluding hydrogens is 737 g/mol. The van der Waals surface area contributed by atoms with Crippen LogP contribution in [0.3, 0.4) is 0 Å². The number of hydrogen-bond donors (Lipinski definition) is 3. The molecule has 0 bridgehead atoms. The van der Waals surface area contributed by atoms with Crippen LogP contribution < -0.4 is 16.0 Å². The summed E-state index contributed by atoms with van der Waals surface area (Å²) >= 11 is 1.20. The van der Waals surface area contributed by atoms with E-state index in [1.54, 1.807) is 17.3 Å². The fourth-order valence-electron chi connectivity index (χ4n) is 6.98.